The van der Waals surface area contributed by atoms with Gasteiger partial charge in [0.25, 0.3) is 0 Å². The molecule has 0 saturated carbocycles. The number of benzene rings is 1. The molecule has 1 saturated heterocycles. The Kier molecular flexibility index (Phi) is 12.0. The molecule has 3 unspecified atom stereocenters. The van der Waals surface area contributed by atoms with Crippen molar-refractivity contribution in [1.29, 1.82) is 0 Å². The minimum atomic E-state index is -0.729. The number of thioether (sulfide) groups is 1. The van der Waals surface area contributed by atoms with Gasteiger partial charge in [-0.25, -0.2) is 0 Å². The molecular formula is C29H38N2O7S2. The number of thiophene rings is 1. The SMILES string of the molecule is CCOC(=O)C(CCc1ccccc1)NC1CSC(c2cccs2)CN(CC(=O)OCOC(=O)C(C)(C)C)C1=O. The van der Waals surface area contributed by atoms with E-state index in [-0.39, 0.29) is 24.3 Å². The molecule has 1 aliphatic rings. The topological polar surface area (TPSA) is 111 Å². The molecule has 9 nitrogen and oxygen atoms in total. The first kappa shape index (κ1) is 31.6. The fraction of sp³-hybridized carbons (Fsp3) is 0.517. The summed E-state index contributed by atoms with van der Waals surface area (Å²) in [7, 11) is 0. The standard InChI is InChI=1S/C29H38N2O7S2/c1-5-36-27(34)21(14-13-20-10-7-6-8-11-20)30-22-18-40-24(23-12-9-15-39-23)16-31(26(22)33)17-25(32)37-19-38-28(35)29(2,3)4/h6-12,15,21-22,24,30H,5,13-14,16-19H2,1-4H3. The fourth-order valence-electron chi connectivity index (χ4n) is 4.03. The average molecular weight is 591 g/mol. The molecule has 218 valence electrons. The molecule has 2 aromatic rings. The third-order valence-corrected chi connectivity index (χ3v) is 8.67. The second-order valence-corrected chi connectivity index (χ2v) is 12.6. The van der Waals surface area contributed by atoms with E-state index in [9.17, 15) is 19.2 Å². The maximum Gasteiger partial charge on any atom is 0.328 e. The smallest absolute Gasteiger partial charge is 0.328 e. The van der Waals surface area contributed by atoms with Crippen LogP contribution in [0.2, 0.25) is 0 Å². The quantitative estimate of drug-likeness (QED) is 0.290. The van der Waals surface area contributed by atoms with Crippen LogP contribution in [0, 0.1) is 5.41 Å². The average Bonchev–Trinajstić information content (AvgIpc) is 3.41. The molecule has 1 aliphatic heterocycles. The Balaban J connectivity index is 1.71. The van der Waals surface area contributed by atoms with Gasteiger partial charge < -0.3 is 19.1 Å². The van der Waals surface area contributed by atoms with Gasteiger partial charge in [-0.1, -0.05) is 36.4 Å². The van der Waals surface area contributed by atoms with Gasteiger partial charge in [0.1, 0.15) is 12.6 Å². The number of hydrogen-bond donors (Lipinski definition) is 1. The van der Waals surface area contributed by atoms with Gasteiger partial charge in [0.05, 0.1) is 23.3 Å². The Bertz CT molecular complexity index is 1120. The lowest BCUT2D eigenvalue weighted by Crippen LogP contribution is -2.53. The summed E-state index contributed by atoms with van der Waals surface area (Å²) in [5, 5.41) is 5.16. The molecule has 0 radical (unpaired) electrons. The zero-order valence-corrected chi connectivity index (χ0v) is 25.1. The summed E-state index contributed by atoms with van der Waals surface area (Å²) in [6.45, 7) is 6.55. The normalized spacial score (nSPS) is 18.5. The van der Waals surface area contributed by atoms with Crippen LogP contribution in [0.25, 0.3) is 0 Å². The summed E-state index contributed by atoms with van der Waals surface area (Å²) in [4.78, 5) is 53.7. The Morgan fingerprint density at radius 1 is 1.07 bits per heavy atom. The van der Waals surface area contributed by atoms with E-state index < -0.39 is 42.2 Å². The number of nitrogens with one attached hydrogen (secondary N) is 1. The van der Waals surface area contributed by atoms with Crippen molar-refractivity contribution in [3.63, 3.8) is 0 Å². The largest absolute Gasteiger partial charge is 0.465 e. The molecule has 0 aliphatic carbocycles. The maximum absolute atomic E-state index is 13.7. The van der Waals surface area contributed by atoms with E-state index in [4.69, 9.17) is 14.2 Å². The van der Waals surface area contributed by atoms with E-state index in [1.807, 2.05) is 47.8 Å². The molecule has 1 aromatic carbocycles. The van der Waals surface area contributed by atoms with Crippen molar-refractivity contribution >= 4 is 46.9 Å². The molecule has 2 heterocycles. The summed E-state index contributed by atoms with van der Waals surface area (Å²) in [6.07, 6.45) is 1.08. The van der Waals surface area contributed by atoms with Crippen molar-refractivity contribution in [3.05, 3.63) is 58.3 Å². The molecule has 1 fully saturated rings. The lowest BCUT2D eigenvalue weighted by molar-refractivity contribution is -0.174. The number of hydrogen-bond acceptors (Lipinski definition) is 10. The van der Waals surface area contributed by atoms with E-state index in [2.05, 4.69) is 5.32 Å². The zero-order valence-electron chi connectivity index (χ0n) is 23.4. The van der Waals surface area contributed by atoms with Gasteiger partial charge in [-0.3, -0.25) is 24.5 Å². The van der Waals surface area contributed by atoms with Gasteiger partial charge >= 0.3 is 17.9 Å². The van der Waals surface area contributed by atoms with Gasteiger partial charge in [-0.2, -0.15) is 0 Å². The van der Waals surface area contributed by atoms with E-state index >= 15 is 0 Å². The van der Waals surface area contributed by atoms with Crippen LogP contribution in [0.15, 0.2) is 47.8 Å². The molecule has 0 spiro atoms. The van der Waals surface area contributed by atoms with Gasteiger partial charge in [-0.15, -0.1) is 23.1 Å². The highest BCUT2D eigenvalue weighted by Gasteiger charge is 2.36. The first-order valence-corrected chi connectivity index (χ1v) is 15.2. The van der Waals surface area contributed by atoms with Crippen LogP contribution in [-0.2, 0) is 39.8 Å². The van der Waals surface area contributed by atoms with Crippen molar-refractivity contribution in [3.8, 4) is 0 Å². The minimum Gasteiger partial charge on any atom is -0.465 e. The van der Waals surface area contributed by atoms with Gasteiger partial charge in [0.2, 0.25) is 12.7 Å². The number of carbonyl (C=O) groups excluding carboxylic acids is 4. The van der Waals surface area contributed by atoms with Crippen molar-refractivity contribution in [1.82, 2.24) is 10.2 Å². The summed E-state index contributed by atoms with van der Waals surface area (Å²) in [5.41, 5.74) is 0.349. The summed E-state index contributed by atoms with van der Waals surface area (Å²) in [5.74, 6) is -1.48. The van der Waals surface area contributed by atoms with Crippen LogP contribution in [0.3, 0.4) is 0 Å². The number of carbonyl (C=O) groups is 4. The number of amides is 1. The minimum absolute atomic E-state index is 0.0485. The van der Waals surface area contributed by atoms with E-state index in [1.54, 1.807) is 50.8 Å². The number of ether oxygens (including phenoxy) is 3. The molecule has 3 rings (SSSR count). The van der Waals surface area contributed by atoms with Crippen LogP contribution in [0.5, 0.6) is 0 Å². The maximum atomic E-state index is 13.7. The van der Waals surface area contributed by atoms with Gasteiger partial charge in [0, 0.05) is 17.2 Å². The monoisotopic (exact) mass is 590 g/mol. The second-order valence-electron chi connectivity index (χ2n) is 10.4. The molecular weight excluding hydrogens is 552 g/mol. The van der Waals surface area contributed by atoms with Crippen molar-refractivity contribution in [2.75, 3.05) is 32.2 Å². The third kappa shape index (κ3) is 9.64. The van der Waals surface area contributed by atoms with Gasteiger partial charge in [0.15, 0.2) is 0 Å². The predicted molar refractivity (Wildman–Crippen MR) is 155 cm³/mol. The number of rotatable bonds is 12. The molecule has 1 amide bonds. The first-order valence-electron chi connectivity index (χ1n) is 13.3. The van der Waals surface area contributed by atoms with Crippen LogP contribution in [0.1, 0.15) is 49.8 Å². The first-order chi connectivity index (χ1) is 19.1. The van der Waals surface area contributed by atoms with Crippen LogP contribution < -0.4 is 5.32 Å². The lowest BCUT2D eigenvalue weighted by Gasteiger charge is -2.27. The highest BCUT2D eigenvalue weighted by atomic mass is 32.2. The lowest BCUT2D eigenvalue weighted by atomic mass is 9.98. The molecule has 40 heavy (non-hydrogen) atoms. The summed E-state index contributed by atoms with van der Waals surface area (Å²) >= 11 is 3.19. The Morgan fingerprint density at radius 2 is 1.82 bits per heavy atom. The number of nitrogens with zero attached hydrogens (tertiary/aromatic N) is 1. The van der Waals surface area contributed by atoms with Crippen LogP contribution in [-0.4, -0.2) is 73.0 Å². The molecule has 0 bridgehead atoms. The van der Waals surface area contributed by atoms with E-state index in [0.717, 1.165) is 10.4 Å². The molecule has 1 N–H and O–H groups in total. The van der Waals surface area contributed by atoms with Crippen molar-refractivity contribution < 1.29 is 33.4 Å². The van der Waals surface area contributed by atoms with E-state index in [0.29, 0.717) is 25.1 Å². The Hall–Kier alpha value is -2.89. The van der Waals surface area contributed by atoms with Crippen molar-refractivity contribution in [2.24, 2.45) is 5.41 Å². The van der Waals surface area contributed by atoms with Crippen molar-refractivity contribution in [2.45, 2.75) is 57.9 Å². The third-order valence-electron chi connectivity index (χ3n) is 6.20. The molecule has 3 atom stereocenters. The summed E-state index contributed by atoms with van der Waals surface area (Å²) in [6, 6.07) is 12.4. The fourth-order valence-corrected chi connectivity index (χ4v) is 6.29. The second kappa shape index (κ2) is 15.2. The zero-order chi connectivity index (χ0) is 29.1. The Labute approximate surface area is 243 Å². The highest BCUT2D eigenvalue weighted by Crippen LogP contribution is 2.35. The molecule has 1 aromatic heterocycles. The number of aryl methyl sites for hydroxylation is 1. The Morgan fingerprint density at radius 3 is 2.48 bits per heavy atom. The number of esters is 3. The van der Waals surface area contributed by atoms with E-state index in [1.165, 1.54) is 4.90 Å². The van der Waals surface area contributed by atoms with Gasteiger partial charge in [-0.05, 0) is 57.5 Å². The van der Waals surface area contributed by atoms with Crippen LogP contribution in [0.4, 0.5) is 0 Å². The van der Waals surface area contributed by atoms with Crippen LogP contribution >= 0.6 is 23.1 Å². The summed E-state index contributed by atoms with van der Waals surface area (Å²) < 4.78 is 15.5. The highest BCUT2D eigenvalue weighted by molar-refractivity contribution is 7.99. The molecule has 11 heteroatoms. The predicted octanol–water partition coefficient (Wildman–Crippen LogP) is 3.98.